The summed E-state index contributed by atoms with van der Waals surface area (Å²) in [6, 6.07) is 20.0. The lowest BCUT2D eigenvalue weighted by Crippen LogP contribution is -2.43. The van der Waals surface area contributed by atoms with E-state index in [1.54, 1.807) is 0 Å². The van der Waals surface area contributed by atoms with Crippen LogP contribution in [0.4, 0.5) is 0 Å². The minimum Gasteiger partial charge on any atom is -0.481 e. The van der Waals surface area contributed by atoms with Crippen LogP contribution in [-0.2, 0) is 22.6 Å². The quantitative estimate of drug-likeness (QED) is 0.749. The lowest BCUT2D eigenvalue weighted by molar-refractivity contribution is -0.151. The van der Waals surface area contributed by atoms with Gasteiger partial charge in [-0.3, -0.25) is 9.59 Å². The first-order valence-electron chi connectivity index (χ1n) is 9.91. The van der Waals surface area contributed by atoms with Crippen LogP contribution < -0.4 is 0 Å². The smallest absolute Gasteiger partial charge is 0.307 e. The summed E-state index contributed by atoms with van der Waals surface area (Å²) in [5.74, 6) is -1.89. The standard InChI is InChI=1S/C24H25NO3/c26-23(21-19-11-12-20(15-19)22(21)24(27)28)25(16-18-9-5-2-6-10-18)14-13-17-7-3-1-4-8-17/h1-12,19-22H,13-16H2,(H,27,28)/t19-,20-,21-,22+/m0/s1. The van der Waals surface area contributed by atoms with E-state index in [-0.39, 0.29) is 17.7 Å². The van der Waals surface area contributed by atoms with Gasteiger partial charge in [-0.05, 0) is 35.8 Å². The molecule has 144 valence electrons. The molecule has 2 aliphatic carbocycles. The zero-order valence-corrected chi connectivity index (χ0v) is 15.8. The summed E-state index contributed by atoms with van der Waals surface area (Å²) in [6.45, 7) is 1.10. The summed E-state index contributed by atoms with van der Waals surface area (Å²) in [7, 11) is 0. The van der Waals surface area contributed by atoms with Gasteiger partial charge in [-0.1, -0.05) is 72.8 Å². The molecule has 2 aromatic rings. The normalized spacial score (nSPS) is 25.0. The molecular weight excluding hydrogens is 350 g/mol. The van der Waals surface area contributed by atoms with Crippen LogP contribution in [0.3, 0.4) is 0 Å². The van der Waals surface area contributed by atoms with Crippen molar-refractivity contribution in [1.29, 1.82) is 0 Å². The number of aliphatic carboxylic acids is 1. The molecule has 28 heavy (non-hydrogen) atoms. The molecule has 0 heterocycles. The van der Waals surface area contributed by atoms with E-state index in [1.165, 1.54) is 5.56 Å². The van der Waals surface area contributed by atoms with E-state index in [2.05, 4.69) is 12.1 Å². The summed E-state index contributed by atoms with van der Waals surface area (Å²) in [4.78, 5) is 27.2. The maximum atomic E-state index is 13.5. The second-order valence-electron chi connectivity index (χ2n) is 7.82. The van der Waals surface area contributed by atoms with Crippen molar-refractivity contribution in [2.75, 3.05) is 6.54 Å². The van der Waals surface area contributed by atoms with Crippen molar-refractivity contribution in [3.05, 3.63) is 83.9 Å². The van der Waals surface area contributed by atoms with E-state index >= 15 is 0 Å². The molecule has 1 amide bonds. The number of carbonyl (C=O) groups is 2. The van der Waals surface area contributed by atoms with Crippen LogP contribution in [0.2, 0.25) is 0 Å². The maximum absolute atomic E-state index is 13.5. The van der Waals surface area contributed by atoms with Gasteiger partial charge in [0.05, 0.1) is 11.8 Å². The van der Waals surface area contributed by atoms with E-state index < -0.39 is 17.8 Å². The van der Waals surface area contributed by atoms with Crippen LogP contribution in [0.15, 0.2) is 72.8 Å². The predicted octanol–water partition coefficient (Wildman–Crippen LogP) is 3.78. The van der Waals surface area contributed by atoms with Crippen molar-refractivity contribution in [3.63, 3.8) is 0 Å². The number of carboxylic acid groups (broad SMARTS) is 1. The van der Waals surface area contributed by atoms with Crippen molar-refractivity contribution in [1.82, 2.24) is 4.90 Å². The molecule has 0 radical (unpaired) electrons. The third kappa shape index (κ3) is 3.72. The summed E-state index contributed by atoms with van der Waals surface area (Å²) in [6.07, 6.45) is 5.57. The topological polar surface area (TPSA) is 57.6 Å². The van der Waals surface area contributed by atoms with Crippen LogP contribution in [0.5, 0.6) is 0 Å². The Hall–Kier alpha value is -2.88. The molecule has 0 aromatic heterocycles. The largest absolute Gasteiger partial charge is 0.481 e. The maximum Gasteiger partial charge on any atom is 0.307 e. The molecule has 2 aromatic carbocycles. The number of rotatable bonds is 7. The molecule has 2 aliphatic rings. The monoisotopic (exact) mass is 375 g/mol. The lowest BCUT2D eigenvalue weighted by Gasteiger charge is -2.31. The first-order chi connectivity index (χ1) is 13.6. The molecule has 1 saturated carbocycles. The number of amides is 1. The van der Waals surface area contributed by atoms with Crippen LogP contribution in [-0.4, -0.2) is 28.4 Å². The van der Waals surface area contributed by atoms with Gasteiger partial charge in [0, 0.05) is 13.1 Å². The van der Waals surface area contributed by atoms with E-state index in [1.807, 2.05) is 65.6 Å². The fourth-order valence-electron chi connectivity index (χ4n) is 4.69. The van der Waals surface area contributed by atoms with Gasteiger partial charge in [-0.25, -0.2) is 0 Å². The van der Waals surface area contributed by atoms with Gasteiger partial charge in [0.15, 0.2) is 0 Å². The van der Waals surface area contributed by atoms with Gasteiger partial charge in [-0.2, -0.15) is 0 Å². The second-order valence-corrected chi connectivity index (χ2v) is 7.82. The van der Waals surface area contributed by atoms with Crippen molar-refractivity contribution >= 4 is 11.9 Å². The van der Waals surface area contributed by atoms with E-state index in [9.17, 15) is 14.7 Å². The Labute approximate surface area is 165 Å². The number of hydrogen-bond acceptors (Lipinski definition) is 2. The van der Waals surface area contributed by atoms with Gasteiger partial charge in [0.1, 0.15) is 0 Å². The fourth-order valence-corrected chi connectivity index (χ4v) is 4.69. The number of fused-ring (bicyclic) bond motifs is 2. The van der Waals surface area contributed by atoms with E-state index in [0.717, 1.165) is 18.4 Å². The van der Waals surface area contributed by atoms with Crippen LogP contribution in [0.25, 0.3) is 0 Å². The molecule has 4 heteroatoms. The SMILES string of the molecule is O=C(O)[C@H]1[C@@H](C(=O)N(CCc2ccccc2)Cc2ccccc2)[C@H]2C=C[C@H]1C2. The molecule has 4 rings (SSSR count). The Morgan fingerprint density at radius 1 is 0.857 bits per heavy atom. The molecular formula is C24H25NO3. The minimum absolute atomic E-state index is 0.0100. The molecule has 4 atom stereocenters. The molecule has 0 saturated heterocycles. The van der Waals surface area contributed by atoms with Gasteiger partial charge in [0.25, 0.3) is 0 Å². The Morgan fingerprint density at radius 3 is 2.04 bits per heavy atom. The number of allylic oxidation sites excluding steroid dienone is 2. The molecule has 0 unspecified atom stereocenters. The fraction of sp³-hybridized carbons (Fsp3) is 0.333. The third-order valence-electron chi connectivity index (χ3n) is 6.07. The first-order valence-corrected chi connectivity index (χ1v) is 9.91. The van der Waals surface area contributed by atoms with Crippen molar-refractivity contribution in [3.8, 4) is 0 Å². The highest BCUT2D eigenvalue weighted by molar-refractivity contribution is 5.87. The van der Waals surface area contributed by atoms with Gasteiger partial charge in [0.2, 0.25) is 5.91 Å². The zero-order chi connectivity index (χ0) is 19.5. The summed E-state index contributed by atoms with van der Waals surface area (Å²) in [5, 5.41) is 9.73. The van der Waals surface area contributed by atoms with Crippen LogP contribution in [0.1, 0.15) is 17.5 Å². The minimum atomic E-state index is -0.849. The van der Waals surface area contributed by atoms with Crippen molar-refractivity contribution in [2.24, 2.45) is 23.7 Å². The van der Waals surface area contributed by atoms with Crippen LogP contribution in [0, 0.1) is 23.7 Å². The molecule has 1 fully saturated rings. The third-order valence-corrected chi connectivity index (χ3v) is 6.07. The number of nitrogens with zero attached hydrogens (tertiary/aromatic N) is 1. The summed E-state index contributed by atoms with van der Waals surface area (Å²) < 4.78 is 0. The van der Waals surface area contributed by atoms with Crippen molar-refractivity contribution < 1.29 is 14.7 Å². The Balaban J connectivity index is 1.56. The highest BCUT2D eigenvalue weighted by atomic mass is 16.4. The summed E-state index contributed by atoms with van der Waals surface area (Å²) >= 11 is 0. The highest BCUT2D eigenvalue weighted by Gasteiger charge is 2.52. The second kappa shape index (κ2) is 8.01. The van der Waals surface area contributed by atoms with Gasteiger partial charge >= 0.3 is 5.97 Å². The van der Waals surface area contributed by atoms with Gasteiger partial charge < -0.3 is 10.0 Å². The molecule has 2 bridgehead atoms. The molecule has 4 nitrogen and oxygen atoms in total. The number of hydrogen-bond donors (Lipinski definition) is 1. The predicted molar refractivity (Wildman–Crippen MR) is 107 cm³/mol. The molecule has 0 aliphatic heterocycles. The van der Waals surface area contributed by atoms with Crippen molar-refractivity contribution in [2.45, 2.75) is 19.4 Å². The Kier molecular flexibility index (Phi) is 5.29. The number of carbonyl (C=O) groups excluding carboxylic acids is 1. The van der Waals surface area contributed by atoms with Gasteiger partial charge in [-0.15, -0.1) is 0 Å². The Morgan fingerprint density at radius 2 is 1.43 bits per heavy atom. The molecule has 1 N–H and O–H groups in total. The number of carboxylic acids is 1. The molecule has 0 spiro atoms. The van der Waals surface area contributed by atoms with Crippen LogP contribution >= 0.6 is 0 Å². The van der Waals surface area contributed by atoms with E-state index in [4.69, 9.17) is 0 Å². The van der Waals surface area contributed by atoms with E-state index in [0.29, 0.717) is 13.1 Å². The lowest BCUT2D eigenvalue weighted by atomic mass is 9.82. The summed E-state index contributed by atoms with van der Waals surface area (Å²) in [5.41, 5.74) is 2.24. The number of benzene rings is 2. The average Bonchev–Trinajstić information content (AvgIpc) is 3.34. The highest BCUT2D eigenvalue weighted by Crippen LogP contribution is 2.48. The Bertz CT molecular complexity index is 862. The first kappa shape index (κ1) is 18.5. The zero-order valence-electron chi connectivity index (χ0n) is 15.8. The average molecular weight is 375 g/mol.